The smallest absolute Gasteiger partial charge is 0.326 e. The van der Waals surface area contributed by atoms with Crippen molar-refractivity contribution in [2.45, 2.75) is 110 Å². The number of rotatable bonds is 8. The van der Waals surface area contributed by atoms with Gasteiger partial charge in [0.1, 0.15) is 6.04 Å². The van der Waals surface area contributed by atoms with Gasteiger partial charge in [0.2, 0.25) is 11.8 Å². The Balaban J connectivity index is 1.36. The summed E-state index contributed by atoms with van der Waals surface area (Å²) in [5.41, 5.74) is 5.82. The molecule has 7 nitrogen and oxygen atoms in total. The van der Waals surface area contributed by atoms with Crippen LogP contribution in [0, 0.1) is 46.3 Å². The number of nitrogens with two attached hydrogens (primary N) is 1. The average Bonchev–Trinajstić information content (AvgIpc) is 3.14. The predicted molar refractivity (Wildman–Crippen MR) is 133 cm³/mol. The van der Waals surface area contributed by atoms with Gasteiger partial charge in [-0.2, -0.15) is 0 Å². The van der Waals surface area contributed by atoms with Crippen molar-refractivity contribution in [3.05, 3.63) is 0 Å². The second-order valence-corrected chi connectivity index (χ2v) is 13.0. The molecule has 7 heteroatoms. The fourth-order valence-corrected chi connectivity index (χ4v) is 9.44. The molecule has 5 N–H and O–H groups in total. The first-order chi connectivity index (χ1) is 16.5. The van der Waals surface area contributed by atoms with Gasteiger partial charge in [0.25, 0.3) is 0 Å². The first-order valence-electron chi connectivity index (χ1n) is 13.9. The van der Waals surface area contributed by atoms with E-state index >= 15 is 0 Å². The summed E-state index contributed by atoms with van der Waals surface area (Å²) in [5, 5.41) is 22.0. The Morgan fingerprint density at radius 2 is 1.69 bits per heavy atom. The summed E-state index contributed by atoms with van der Waals surface area (Å²) < 4.78 is 0. The molecule has 4 saturated carbocycles. The number of primary amides is 1. The maximum Gasteiger partial charge on any atom is 0.326 e. The van der Waals surface area contributed by atoms with E-state index in [0.717, 1.165) is 37.0 Å². The Kier molecular flexibility index (Phi) is 7.57. The van der Waals surface area contributed by atoms with Gasteiger partial charge in [-0.05, 0) is 111 Å². The molecule has 2 unspecified atom stereocenters. The number of aliphatic carboxylic acids is 1. The molecule has 0 bridgehead atoms. The van der Waals surface area contributed by atoms with Gasteiger partial charge < -0.3 is 21.3 Å². The van der Waals surface area contributed by atoms with Gasteiger partial charge in [0.05, 0.1) is 12.5 Å². The number of hydrogen-bond donors (Lipinski definition) is 4. The number of fused-ring (bicyclic) bond motifs is 5. The van der Waals surface area contributed by atoms with E-state index in [1.54, 1.807) is 0 Å². The Labute approximate surface area is 210 Å². The number of carbonyl (C=O) groups is 3. The Morgan fingerprint density at radius 3 is 2.37 bits per heavy atom. The lowest BCUT2D eigenvalue weighted by Gasteiger charge is -2.61. The van der Waals surface area contributed by atoms with Crippen LogP contribution >= 0.6 is 0 Å². The van der Waals surface area contributed by atoms with Crippen molar-refractivity contribution >= 4 is 17.8 Å². The number of aliphatic hydroxyl groups excluding tert-OH is 1. The first kappa shape index (κ1) is 26.4. The lowest BCUT2D eigenvalue weighted by atomic mass is 9.44. The number of amides is 2. The summed E-state index contributed by atoms with van der Waals surface area (Å²) in [6.45, 7) is 7.30. The third-order valence-electron chi connectivity index (χ3n) is 11.3. The number of hydrogen-bond acceptors (Lipinski definition) is 4. The van der Waals surface area contributed by atoms with Crippen LogP contribution < -0.4 is 11.1 Å². The van der Waals surface area contributed by atoms with Gasteiger partial charge in [-0.1, -0.05) is 20.8 Å². The molecule has 198 valence electrons. The molecule has 0 radical (unpaired) electrons. The van der Waals surface area contributed by atoms with Crippen molar-refractivity contribution in [3.8, 4) is 0 Å². The maximum absolute atomic E-state index is 12.5. The lowest BCUT2D eigenvalue weighted by Crippen LogP contribution is -2.54. The molecule has 0 aromatic rings. The van der Waals surface area contributed by atoms with Gasteiger partial charge in [-0.25, -0.2) is 4.79 Å². The molecule has 0 saturated heterocycles. The Hall–Kier alpha value is -1.63. The second kappa shape index (κ2) is 10.0. The monoisotopic (exact) mass is 490 g/mol. The largest absolute Gasteiger partial charge is 0.480 e. The van der Waals surface area contributed by atoms with Crippen LogP contribution in [0.25, 0.3) is 0 Å². The summed E-state index contributed by atoms with van der Waals surface area (Å²) in [7, 11) is 0. The van der Waals surface area contributed by atoms with Gasteiger partial charge in [0.15, 0.2) is 0 Å². The van der Waals surface area contributed by atoms with E-state index in [-0.39, 0.29) is 24.9 Å². The first-order valence-corrected chi connectivity index (χ1v) is 13.9. The number of carboxylic acids is 1. The van der Waals surface area contributed by atoms with Crippen molar-refractivity contribution < 1.29 is 24.6 Å². The molecule has 4 aliphatic rings. The summed E-state index contributed by atoms with van der Waals surface area (Å²) in [5.74, 6) is 1.68. The van der Waals surface area contributed by atoms with Crippen molar-refractivity contribution in [2.75, 3.05) is 0 Å². The van der Waals surface area contributed by atoms with Crippen LogP contribution in [-0.2, 0) is 14.4 Å². The molecule has 0 aliphatic heterocycles. The highest BCUT2D eigenvalue weighted by Gasteiger charge is 2.60. The second-order valence-electron chi connectivity index (χ2n) is 13.0. The van der Waals surface area contributed by atoms with Crippen LogP contribution in [0.2, 0.25) is 0 Å². The zero-order valence-electron chi connectivity index (χ0n) is 21.8. The summed E-state index contributed by atoms with van der Waals surface area (Å²) in [6, 6.07) is -1.25. The minimum atomic E-state index is -1.25. The highest BCUT2D eigenvalue weighted by atomic mass is 16.4. The fraction of sp³-hybridized carbons (Fsp3) is 0.893. The van der Waals surface area contributed by atoms with Crippen LogP contribution in [0.3, 0.4) is 0 Å². The van der Waals surface area contributed by atoms with Crippen molar-refractivity contribution in [2.24, 2.45) is 52.1 Å². The van der Waals surface area contributed by atoms with Crippen LogP contribution in [-0.4, -0.2) is 40.1 Å². The molecular weight excluding hydrogens is 444 g/mol. The summed E-state index contributed by atoms with van der Waals surface area (Å²) >= 11 is 0. The normalized spacial score (nSPS) is 42.2. The molecule has 0 aromatic heterocycles. The van der Waals surface area contributed by atoms with Crippen LogP contribution in [0.15, 0.2) is 0 Å². The molecule has 0 aromatic carbocycles. The molecule has 35 heavy (non-hydrogen) atoms. The molecular formula is C28H46N2O5. The van der Waals surface area contributed by atoms with Crippen LogP contribution in [0.4, 0.5) is 0 Å². The Morgan fingerprint density at radius 1 is 1.00 bits per heavy atom. The highest BCUT2D eigenvalue weighted by Crippen LogP contribution is 2.68. The zero-order chi connectivity index (χ0) is 25.5. The summed E-state index contributed by atoms with van der Waals surface area (Å²) in [6.07, 6.45) is 11.2. The molecule has 4 fully saturated rings. The van der Waals surface area contributed by atoms with Crippen molar-refractivity contribution in [3.63, 3.8) is 0 Å². The fourth-order valence-electron chi connectivity index (χ4n) is 9.44. The standard InChI is InChI=1S/C28H46N2O5/c1-16(4-9-25(33)30-23(26(34)35)15-24(29)32)20-7-8-21-19-6-5-17-14-18(31)10-12-27(17,2)22(19)11-13-28(20,21)3/h16-23,31H,4-15H2,1-3H3,(H2,29,32)(H,30,33)(H,34,35)/t16?,17-,18-,19+,20-,21+,22+,23?,27+,28-/m1/s1. The van der Waals surface area contributed by atoms with Crippen LogP contribution in [0.5, 0.6) is 0 Å². The van der Waals surface area contributed by atoms with E-state index < -0.39 is 17.9 Å². The lowest BCUT2D eigenvalue weighted by molar-refractivity contribution is -0.143. The predicted octanol–water partition coefficient (Wildman–Crippen LogP) is 3.87. The van der Waals surface area contributed by atoms with Crippen LogP contribution in [0.1, 0.15) is 97.8 Å². The minimum Gasteiger partial charge on any atom is -0.480 e. The van der Waals surface area contributed by atoms with E-state index in [2.05, 4.69) is 26.1 Å². The molecule has 0 heterocycles. The van der Waals surface area contributed by atoms with E-state index in [0.29, 0.717) is 28.6 Å². The number of aliphatic hydroxyl groups is 1. The molecule has 0 spiro atoms. The summed E-state index contributed by atoms with van der Waals surface area (Å²) in [4.78, 5) is 34.9. The molecule has 4 aliphatic carbocycles. The van der Waals surface area contributed by atoms with Crippen molar-refractivity contribution in [1.82, 2.24) is 5.32 Å². The van der Waals surface area contributed by atoms with Gasteiger partial charge >= 0.3 is 5.97 Å². The maximum atomic E-state index is 12.5. The third-order valence-corrected chi connectivity index (χ3v) is 11.3. The topological polar surface area (TPSA) is 130 Å². The average molecular weight is 491 g/mol. The zero-order valence-corrected chi connectivity index (χ0v) is 21.8. The van der Waals surface area contributed by atoms with Gasteiger partial charge in [-0.3, -0.25) is 9.59 Å². The minimum absolute atomic E-state index is 0.103. The molecule has 10 atom stereocenters. The van der Waals surface area contributed by atoms with Gasteiger partial charge in [-0.15, -0.1) is 0 Å². The van der Waals surface area contributed by atoms with E-state index in [1.807, 2.05) is 0 Å². The third kappa shape index (κ3) is 4.99. The number of carbonyl (C=O) groups excluding carboxylic acids is 2. The Bertz CT molecular complexity index is 832. The molecule has 2 amide bonds. The SMILES string of the molecule is CC(CCC(=O)NC(CC(N)=O)C(=O)O)[C@H]1CC[C@H]2[C@@H]3CC[C@@H]4C[C@H](O)CC[C@]4(C)[C@H]3CC[C@]12C. The van der Waals surface area contributed by atoms with Crippen molar-refractivity contribution in [1.29, 1.82) is 0 Å². The van der Waals surface area contributed by atoms with E-state index in [4.69, 9.17) is 5.73 Å². The number of nitrogens with one attached hydrogen (secondary N) is 1. The van der Waals surface area contributed by atoms with E-state index in [1.165, 1.54) is 44.9 Å². The quantitative estimate of drug-likeness (QED) is 0.410. The highest BCUT2D eigenvalue weighted by molar-refractivity contribution is 5.88. The van der Waals surface area contributed by atoms with E-state index in [9.17, 15) is 24.6 Å². The van der Waals surface area contributed by atoms with Gasteiger partial charge in [0, 0.05) is 6.42 Å². The number of carboxylic acid groups (broad SMARTS) is 1. The molecule has 4 rings (SSSR count).